The molecule has 1 N–H and O–H groups in total. The summed E-state index contributed by atoms with van der Waals surface area (Å²) in [6.45, 7) is 4.15. The molecule has 1 aromatic rings. The highest BCUT2D eigenvalue weighted by atomic mass is 15.2. The van der Waals surface area contributed by atoms with Crippen LogP contribution in [0.15, 0.2) is 12.4 Å². The smallest absolute Gasteiger partial charge is 0.134 e. The van der Waals surface area contributed by atoms with Crippen molar-refractivity contribution in [2.24, 2.45) is 5.92 Å². The third kappa shape index (κ3) is 2.16. The molecule has 2 atom stereocenters. The topological polar surface area (TPSA) is 41.0 Å². The van der Waals surface area contributed by atoms with Crippen LogP contribution in [0.2, 0.25) is 0 Å². The van der Waals surface area contributed by atoms with E-state index in [1.165, 1.54) is 32.1 Å². The van der Waals surface area contributed by atoms with Crippen molar-refractivity contribution < 1.29 is 0 Å². The number of hydrogen-bond acceptors (Lipinski definition) is 4. The van der Waals surface area contributed by atoms with Gasteiger partial charge in [-0.2, -0.15) is 0 Å². The average molecular weight is 246 g/mol. The molecule has 0 bridgehead atoms. The first-order chi connectivity index (χ1) is 8.88. The summed E-state index contributed by atoms with van der Waals surface area (Å²) >= 11 is 0. The van der Waals surface area contributed by atoms with Gasteiger partial charge in [-0.05, 0) is 38.5 Å². The summed E-state index contributed by atoms with van der Waals surface area (Å²) in [4.78, 5) is 11.3. The molecule has 1 aromatic heterocycles. The SMILES string of the molecule is CCNc1cc(N2CCCC3CCCC32)ncn1. The van der Waals surface area contributed by atoms with Gasteiger partial charge >= 0.3 is 0 Å². The number of piperidine rings is 1. The van der Waals surface area contributed by atoms with E-state index in [2.05, 4.69) is 33.2 Å². The Kier molecular flexibility index (Phi) is 3.35. The van der Waals surface area contributed by atoms with Crippen LogP contribution in [-0.4, -0.2) is 29.1 Å². The zero-order valence-electron chi connectivity index (χ0n) is 11.1. The van der Waals surface area contributed by atoms with Crippen molar-refractivity contribution in [1.82, 2.24) is 9.97 Å². The van der Waals surface area contributed by atoms with Crippen LogP contribution in [0.5, 0.6) is 0 Å². The first-order valence-corrected chi connectivity index (χ1v) is 7.21. The Morgan fingerprint density at radius 1 is 1.28 bits per heavy atom. The van der Waals surface area contributed by atoms with Crippen molar-refractivity contribution in [2.45, 2.75) is 45.1 Å². The lowest BCUT2D eigenvalue weighted by Crippen LogP contribution is -2.43. The van der Waals surface area contributed by atoms with E-state index in [1.807, 2.05) is 0 Å². The van der Waals surface area contributed by atoms with E-state index in [4.69, 9.17) is 0 Å². The van der Waals surface area contributed by atoms with Gasteiger partial charge in [-0.3, -0.25) is 0 Å². The zero-order valence-corrected chi connectivity index (χ0v) is 11.1. The third-order valence-electron chi connectivity index (χ3n) is 4.30. The number of aromatic nitrogens is 2. The minimum Gasteiger partial charge on any atom is -0.370 e. The molecule has 2 fully saturated rings. The number of hydrogen-bond donors (Lipinski definition) is 1. The number of rotatable bonds is 3. The Bertz CT molecular complexity index is 407. The molecule has 0 amide bonds. The number of nitrogens with zero attached hydrogens (tertiary/aromatic N) is 3. The van der Waals surface area contributed by atoms with Crippen LogP contribution in [0.1, 0.15) is 39.0 Å². The molecule has 4 nitrogen and oxygen atoms in total. The van der Waals surface area contributed by atoms with E-state index in [0.29, 0.717) is 0 Å². The fraction of sp³-hybridized carbons (Fsp3) is 0.714. The van der Waals surface area contributed by atoms with Crippen LogP contribution < -0.4 is 10.2 Å². The Hall–Kier alpha value is -1.32. The first-order valence-electron chi connectivity index (χ1n) is 7.21. The molecule has 1 aliphatic heterocycles. The summed E-state index contributed by atoms with van der Waals surface area (Å²) in [6, 6.07) is 2.83. The highest BCUT2D eigenvalue weighted by Crippen LogP contribution is 2.38. The second-order valence-corrected chi connectivity index (χ2v) is 5.39. The lowest BCUT2D eigenvalue weighted by Gasteiger charge is -2.38. The van der Waals surface area contributed by atoms with Crippen molar-refractivity contribution >= 4 is 11.6 Å². The van der Waals surface area contributed by atoms with Gasteiger partial charge in [0, 0.05) is 25.2 Å². The van der Waals surface area contributed by atoms with Crippen molar-refractivity contribution in [3.63, 3.8) is 0 Å². The second-order valence-electron chi connectivity index (χ2n) is 5.39. The normalized spacial score (nSPS) is 27.1. The highest BCUT2D eigenvalue weighted by Gasteiger charge is 2.35. The molecule has 0 spiro atoms. The number of fused-ring (bicyclic) bond motifs is 1. The maximum Gasteiger partial charge on any atom is 0.134 e. The second kappa shape index (κ2) is 5.12. The molecule has 0 radical (unpaired) electrons. The van der Waals surface area contributed by atoms with Crippen LogP contribution in [-0.2, 0) is 0 Å². The van der Waals surface area contributed by atoms with E-state index >= 15 is 0 Å². The summed E-state index contributed by atoms with van der Waals surface area (Å²) in [6.07, 6.45) is 8.54. The molecule has 2 aliphatic rings. The average Bonchev–Trinajstić information content (AvgIpc) is 2.87. The van der Waals surface area contributed by atoms with Crippen LogP contribution in [0.25, 0.3) is 0 Å². The van der Waals surface area contributed by atoms with Gasteiger partial charge in [0.25, 0.3) is 0 Å². The van der Waals surface area contributed by atoms with E-state index in [-0.39, 0.29) is 0 Å². The van der Waals surface area contributed by atoms with Crippen LogP contribution >= 0.6 is 0 Å². The molecule has 2 heterocycles. The van der Waals surface area contributed by atoms with Crippen molar-refractivity contribution in [3.05, 3.63) is 12.4 Å². The van der Waals surface area contributed by atoms with Crippen molar-refractivity contribution in [2.75, 3.05) is 23.3 Å². The highest BCUT2D eigenvalue weighted by molar-refractivity contribution is 5.49. The largest absolute Gasteiger partial charge is 0.370 e. The maximum atomic E-state index is 4.48. The van der Waals surface area contributed by atoms with Gasteiger partial charge in [0.1, 0.15) is 18.0 Å². The van der Waals surface area contributed by atoms with Gasteiger partial charge in [0.15, 0.2) is 0 Å². The van der Waals surface area contributed by atoms with Crippen LogP contribution in [0.4, 0.5) is 11.6 Å². The van der Waals surface area contributed by atoms with Crippen LogP contribution in [0.3, 0.4) is 0 Å². The third-order valence-corrected chi connectivity index (χ3v) is 4.30. The summed E-state index contributed by atoms with van der Waals surface area (Å²) in [7, 11) is 0. The molecule has 0 aromatic carbocycles. The Balaban J connectivity index is 1.82. The summed E-state index contributed by atoms with van der Waals surface area (Å²) in [5.74, 6) is 2.96. The summed E-state index contributed by atoms with van der Waals surface area (Å²) in [5.41, 5.74) is 0. The minimum absolute atomic E-state index is 0.725. The van der Waals surface area contributed by atoms with Gasteiger partial charge < -0.3 is 10.2 Å². The van der Waals surface area contributed by atoms with Gasteiger partial charge in [-0.25, -0.2) is 9.97 Å². The summed E-state index contributed by atoms with van der Waals surface area (Å²) < 4.78 is 0. The fourth-order valence-electron chi connectivity index (χ4n) is 3.52. The Morgan fingerprint density at radius 3 is 3.06 bits per heavy atom. The predicted octanol–water partition coefficient (Wildman–Crippen LogP) is 2.68. The maximum absolute atomic E-state index is 4.48. The fourth-order valence-corrected chi connectivity index (χ4v) is 3.52. The molecular weight excluding hydrogens is 224 g/mol. The first kappa shape index (κ1) is 11.8. The molecule has 4 heteroatoms. The molecule has 2 unspecified atom stereocenters. The number of nitrogens with one attached hydrogen (secondary N) is 1. The van der Waals surface area contributed by atoms with E-state index in [9.17, 15) is 0 Å². The van der Waals surface area contributed by atoms with Crippen LogP contribution in [0, 0.1) is 5.92 Å². The molecule has 18 heavy (non-hydrogen) atoms. The zero-order chi connectivity index (χ0) is 12.4. The van der Waals surface area contributed by atoms with E-state index in [1.54, 1.807) is 6.33 Å². The lowest BCUT2D eigenvalue weighted by molar-refractivity contribution is 0.360. The predicted molar refractivity (Wildman–Crippen MR) is 73.9 cm³/mol. The standard InChI is InChI=1S/C14H22N4/c1-2-15-13-9-14(17-10-16-13)18-8-4-6-11-5-3-7-12(11)18/h9-12H,2-8H2,1H3,(H,15,16,17). The molecule has 1 saturated heterocycles. The monoisotopic (exact) mass is 246 g/mol. The van der Waals surface area contributed by atoms with Gasteiger partial charge in [-0.1, -0.05) is 6.42 Å². The Labute approximate surface area is 109 Å². The quantitative estimate of drug-likeness (QED) is 0.890. The van der Waals surface area contributed by atoms with Gasteiger partial charge in [-0.15, -0.1) is 0 Å². The van der Waals surface area contributed by atoms with E-state index in [0.717, 1.165) is 36.7 Å². The Morgan fingerprint density at radius 2 is 2.17 bits per heavy atom. The molecule has 3 rings (SSSR count). The summed E-state index contributed by atoms with van der Waals surface area (Å²) in [5, 5.41) is 3.27. The van der Waals surface area contributed by atoms with Gasteiger partial charge in [0.05, 0.1) is 0 Å². The van der Waals surface area contributed by atoms with E-state index < -0.39 is 0 Å². The lowest BCUT2D eigenvalue weighted by atomic mass is 9.92. The van der Waals surface area contributed by atoms with Crippen molar-refractivity contribution in [1.29, 1.82) is 0 Å². The van der Waals surface area contributed by atoms with Crippen molar-refractivity contribution in [3.8, 4) is 0 Å². The molecule has 1 aliphatic carbocycles. The molecular formula is C14H22N4. The van der Waals surface area contributed by atoms with Gasteiger partial charge in [0.2, 0.25) is 0 Å². The minimum atomic E-state index is 0.725. The molecule has 1 saturated carbocycles. The molecule has 98 valence electrons. The number of anilines is 2.